The molecule has 22 heavy (non-hydrogen) atoms. The molecular formula is C18H21N3O. The van der Waals surface area contributed by atoms with Crippen LogP contribution in [0.15, 0.2) is 54.9 Å². The van der Waals surface area contributed by atoms with Gasteiger partial charge in [0, 0.05) is 23.8 Å². The van der Waals surface area contributed by atoms with Crippen molar-refractivity contribution in [2.75, 3.05) is 13.6 Å². The molecule has 3 aromatic rings. The summed E-state index contributed by atoms with van der Waals surface area (Å²) in [5.74, 6) is 0. The first-order valence-corrected chi connectivity index (χ1v) is 7.51. The summed E-state index contributed by atoms with van der Waals surface area (Å²) >= 11 is 0. The Morgan fingerprint density at radius 3 is 2.73 bits per heavy atom. The fourth-order valence-corrected chi connectivity index (χ4v) is 2.95. The summed E-state index contributed by atoms with van der Waals surface area (Å²) < 4.78 is 2.11. The molecule has 4 heteroatoms. The molecule has 0 fully saturated rings. The van der Waals surface area contributed by atoms with Crippen LogP contribution in [0.4, 0.5) is 0 Å². The predicted octanol–water partition coefficient (Wildman–Crippen LogP) is 2.51. The van der Waals surface area contributed by atoms with Gasteiger partial charge >= 0.3 is 0 Å². The van der Waals surface area contributed by atoms with Crippen molar-refractivity contribution in [2.24, 2.45) is 0 Å². The summed E-state index contributed by atoms with van der Waals surface area (Å²) in [6.07, 6.45) is 3.39. The third kappa shape index (κ3) is 2.75. The number of aliphatic hydroxyl groups is 1. The number of nitrogens with one attached hydrogen (secondary N) is 1. The van der Waals surface area contributed by atoms with Gasteiger partial charge in [-0.3, -0.25) is 4.98 Å². The summed E-state index contributed by atoms with van der Waals surface area (Å²) in [5.41, 5.74) is 3.12. The molecule has 0 saturated heterocycles. The zero-order valence-corrected chi connectivity index (χ0v) is 12.9. The van der Waals surface area contributed by atoms with Crippen molar-refractivity contribution < 1.29 is 5.11 Å². The Labute approximate surface area is 130 Å². The minimum absolute atomic E-state index is 0.143. The molecule has 114 valence electrons. The number of aliphatic hydroxyl groups excluding tert-OH is 1. The molecule has 2 aromatic heterocycles. The topological polar surface area (TPSA) is 50.1 Å². The number of benzene rings is 1. The summed E-state index contributed by atoms with van der Waals surface area (Å²) in [4.78, 5) is 4.40. The molecule has 0 unspecified atom stereocenters. The van der Waals surface area contributed by atoms with Gasteiger partial charge in [0.15, 0.2) is 0 Å². The van der Waals surface area contributed by atoms with E-state index >= 15 is 0 Å². The zero-order valence-electron chi connectivity index (χ0n) is 12.9. The standard InChI is InChI=1S/C18H21N3O/c1-13-10-15-8-9-21(16(15)11-20-13)18(17(22)12-19-2)14-6-4-3-5-7-14/h3-11,17-19,22H,12H2,1-2H3/t17-,18+/m1/s1. The largest absolute Gasteiger partial charge is 0.389 e. The number of aromatic nitrogens is 2. The van der Waals surface area contributed by atoms with Crippen LogP contribution in [-0.2, 0) is 0 Å². The van der Waals surface area contributed by atoms with E-state index in [4.69, 9.17) is 0 Å². The minimum atomic E-state index is -0.524. The molecule has 0 saturated carbocycles. The van der Waals surface area contributed by atoms with E-state index < -0.39 is 6.10 Å². The van der Waals surface area contributed by atoms with Crippen LogP contribution in [0.1, 0.15) is 17.3 Å². The second-order valence-corrected chi connectivity index (χ2v) is 5.59. The van der Waals surface area contributed by atoms with E-state index in [1.807, 2.05) is 44.6 Å². The Morgan fingerprint density at radius 1 is 1.23 bits per heavy atom. The maximum Gasteiger partial charge on any atom is 0.0912 e. The number of rotatable bonds is 5. The average molecular weight is 295 g/mol. The second-order valence-electron chi connectivity index (χ2n) is 5.59. The van der Waals surface area contributed by atoms with E-state index in [0.717, 1.165) is 22.2 Å². The molecule has 0 bridgehead atoms. The lowest BCUT2D eigenvalue weighted by atomic mass is 10.0. The molecule has 0 spiro atoms. The Hall–Kier alpha value is -2.17. The van der Waals surface area contributed by atoms with Crippen LogP contribution >= 0.6 is 0 Å². The lowest BCUT2D eigenvalue weighted by molar-refractivity contribution is 0.132. The maximum atomic E-state index is 10.6. The first-order valence-electron chi connectivity index (χ1n) is 7.51. The fourth-order valence-electron chi connectivity index (χ4n) is 2.95. The van der Waals surface area contributed by atoms with Gasteiger partial charge in [-0.25, -0.2) is 0 Å². The number of aryl methyl sites for hydroxylation is 1. The van der Waals surface area contributed by atoms with Crippen molar-refractivity contribution in [3.8, 4) is 0 Å². The van der Waals surface area contributed by atoms with E-state index in [9.17, 15) is 5.11 Å². The van der Waals surface area contributed by atoms with Gasteiger partial charge in [0.25, 0.3) is 0 Å². The summed E-state index contributed by atoms with van der Waals surface area (Å²) in [7, 11) is 1.85. The van der Waals surface area contributed by atoms with Crippen molar-refractivity contribution in [1.29, 1.82) is 0 Å². The smallest absolute Gasteiger partial charge is 0.0912 e. The molecular weight excluding hydrogens is 274 g/mol. The molecule has 0 aliphatic rings. The predicted molar refractivity (Wildman–Crippen MR) is 89.0 cm³/mol. The van der Waals surface area contributed by atoms with E-state index in [0.29, 0.717) is 6.54 Å². The van der Waals surface area contributed by atoms with Gasteiger partial charge in [0.2, 0.25) is 0 Å². The number of pyridine rings is 1. The van der Waals surface area contributed by atoms with Gasteiger partial charge in [-0.15, -0.1) is 0 Å². The van der Waals surface area contributed by atoms with E-state index in [-0.39, 0.29) is 6.04 Å². The summed E-state index contributed by atoms with van der Waals surface area (Å²) in [6.45, 7) is 2.51. The van der Waals surface area contributed by atoms with E-state index in [2.05, 4.69) is 39.1 Å². The van der Waals surface area contributed by atoms with E-state index in [1.165, 1.54) is 0 Å². The lowest BCUT2D eigenvalue weighted by Crippen LogP contribution is -2.33. The van der Waals surface area contributed by atoms with Crippen molar-refractivity contribution in [1.82, 2.24) is 14.9 Å². The van der Waals surface area contributed by atoms with Crippen molar-refractivity contribution in [2.45, 2.75) is 19.1 Å². The van der Waals surface area contributed by atoms with Crippen molar-refractivity contribution in [3.63, 3.8) is 0 Å². The van der Waals surface area contributed by atoms with Crippen LogP contribution < -0.4 is 5.32 Å². The van der Waals surface area contributed by atoms with Crippen LogP contribution in [0.25, 0.3) is 10.9 Å². The molecule has 0 radical (unpaired) electrons. The first kappa shape index (κ1) is 14.8. The maximum absolute atomic E-state index is 10.6. The average Bonchev–Trinajstić information content (AvgIpc) is 2.92. The monoisotopic (exact) mass is 295 g/mol. The highest BCUT2D eigenvalue weighted by Gasteiger charge is 2.23. The second kappa shape index (κ2) is 6.30. The Kier molecular flexibility index (Phi) is 4.22. The van der Waals surface area contributed by atoms with Crippen LogP contribution in [0, 0.1) is 6.92 Å². The molecule has 2 N–H and O–H groups in total. The lowest BCUT2D eigenvalue weighted by Gasteiger charge is -2.26. The number of fused-ring (bicyclic) bond motifs is 1. The molecule has 0 aliphatic carbocycles. The Morgan fingerprint density at radius 2 is 2.00 bits per heavy atom. The quantitative estimate of drug-likeness (QED) is 0.760. The first-order chi connectivity index (χ1) is 10.7. The van der Waals surface area contributed by atoms with Crippen LogP contribution in [0.3, 0.4) is 0 Å². The molecule has 4 nitrogen and oxygen atoms in total. The van der Waals surface area contributed by atoms with Gasteiger partial charge in [0.1, 0.15) is 0 Å². The fraction of sp³-hybridized carbons (Fsp3) is 0.278. The third-order valence-electron chi connectivity index (χ3n) is 3.96. The van der Waals surface area contributed by atoms with Gasteiger partial charge in [-0.05, 0) is 31.7 Å². The number of nitrogens with zero attached hydrogens (tertiary/aromatic N) is 2. The molecule has 0 amide bonds. The molecule has 2 heterocycles. The number of hydrogen-bond acceptors (Lipinski definition) is 3. The number of likely N-dealkylation sites (N-methyl/N-ethyl adjacent to an activating group) is 1. The van der Waals surface area contributed by atoms with Gasteiger partial charge in [-0.1, -0.05) is 30.3 Å². The normalized spacial score (nSPS) is 14.1. The third-order valence-corrected chi connectivity index (χ3v) is 3.96. The van der Waals surface area contributed by atoms with E-state index in [1.54, 1.807) is 0 Å². The molecule has 1 aromatic carbocycles. The van der Waals surface area contributed by atoms with Crippen LogP contribution in [0.5, 0.6) is 0 Å². The summed E-state index contributed by atoms with van der Waals surface area (Å²) in [5, 5.41) is 14.8. The SMILES string of the molecule is CNC[C@@H](O)[C@H](c1ccccc1)n1ccc2cc(C)ncc21. The van der Waals surface area contributed by atoms with Crippen molar-refractivity contribution in [3.05, 3.63) is 66.1 Å². The van der Waals surface area contributed by atoms with Gasteiger partial charge in [0.05, 0.1) is 23.9 Å². The Bertz CT molecular complexity index is 751. The highest BCUT2D eigenvalue weighted by atomic mass is 16.3. The summed E-state index contributed by atoms with van der Waals surface area (Å²) in [6, 6.07) is 14.1. The highest BCUT2D eigenvalue weighted by molar-refractivity contribution is 5.80. The molecule has 3 rings (SSSR count). The molecule has 2 atom stereocenters. The van der Waals surface area contributed by atoms with Gasteiger partial charge < -0.3 is 15.0 Å². The zero-order chi connectivity index (χ0) is 15.5. The Balaban J connectivity index is 2.11. The highest BCUT2D eigenvalue weighted by Crippen LogP contribution is 2.27. The van der Waals surface area contributed by atoms with Crippen molar-refractivity contribution >= 4 is 10.9 Å². The number of hydrogen-bond donors (Lipinski definition) is 2. The molecule has 0 aliphatic heterocycles. The van der Waals surface area contributed by atoms with Gasteiger partial charge in [-0.2, -0.15) is 0 Å². The van der Waals surface area contributed by atoms with Crippen LogP contribution in [0.2, 0.25) is 0 Å². The minimum Gasteiger partial charge on any atom is -0.389 e. The van der Waals surface area contributed by atoms with Crippen LogP contribution in [-0.4, -0.2) is 34.4 Å².